The molecule has 122 valence electrons. The number of carbonyl (C=O) groups is 1. The molecule has 1 atom stereocenters. The molecule has 0 aliphatic rings. The van der Waals surface area contributed by atoms with Gasteiger partial charge in [0, 0.05) is 17.7 Å². The minimum atomic E-state index is -0.398. The Morgan fingerprint density at radius 1 is 1.35 bits per heavy atom. The lowest BCUT2D eigenvalue weighted by atomic mass is 10.0. The number of aliphatic hydroxyl groups is 1. The highest BCUT2D eigenvalue weighted by atomic mass is 35.5. The molecule has 0 heterocycles. The summed E-state index contributed by atoms with van der Waals surface area (Å²) in [7, 11) is 1.50. The first kappa shape index (κ1) is 17.2. The van der Waals surface area contributed by atoms with Gasteiger partial charge in [-0.2, -0.15) is 0 Å². The fourth-order valence-electron chi connectivity index (χ4n) is 2.32. The summed E-state index contributed by atoms with van der Waals surface area (Å²) in [6, 6.07) is 8.64. The lowest BCUT2D eigenvalue weighted by molar-refractivity contribution is 0.112. The van der Waals surface area contributed by atoms with Crippen LogP contribution in [0.3, 0.4) is 0 Å². The van der Waals surface area contributed by atoms with E-state index in [4.69, 9.17) is 16.3 Å². The van der Waals surface area contributed by atoms with Crippen molar-refractivity contribution in [3.05, 3.63) is 58.4 Å². The molecule has 0 bridgehead atoms. The minimum absolute atomic E-state index is 0.0959. The fraction of sp³-hybridized carbons (Fsp3) is 0.235. The van der Waals surface area contributed by atoms with Crippen molar-refractivity contribution in [1.29, 1.82) is 0 Å². The van der Waals surface area contributed by atoms with Crippen molar-refractivity contribution in [1.82, 2.24) is 0 Å². The van der Waals surface area contributed by atoms with E-state index in [1.807, 2.05) is 0 Å². The normalized spacial score (nSPS) is 11.8. The van der Waals surface area contributed by atoms with Crippen molar-refractivity contribution in [2.75, 3.05) is 19.0 Å². The van der Waals surface area contributed by atoms with Crippen molar-refractivity contribution in [2.24, 2.45) is 0 Å². The Kier molecular flexibility index (Phi) is 5.96. The third-order valence-corrected chi connectivity index (χ3v) is 3.76. The lowest BCUT2D eigenvalue weighted by Gasteiger charge is -2.22. The first-order valence-electron chi connectivity index (χ1n) is 7.04. The van der Waals surface area contributed by atoms with E-state index >= 15 is 0 Å². The van der Waals surface area contributed by atoms with Crippen LogP contribution in [0.4, 0.5) is 10.1 Å². The topological polar surface area (TPSA) is 58.6 Å². The molecule has 1 unspecified atom stereocenters. The molecule has 23 heavy (non-hydrogen) atoms. The summed E-state index contributed by atoms with van der Waals surface area (Å²) in [6.45, 7) is -0.0959. The molecule has 4 nitrogen and oxygen atoms in total. The highest BCUT2D eigenvalue weighted by molar-refractivity contribution is 6.33. The zero-order valence-corrected chi connectivity index (χ0v) is 13.3. The number of nitrogens with one attached hydrogen (secondary N) is 1. The summed E-state index contributed by atoms with van der Waals surface area (Å²) in [5, 5.41) is 12.8. The second-order valence-corrected chi connectivity index (χ2v) is 5.36. The van der Waals surface area contributed by atoms with Gasteiger partial charge in [0.05, 0.1) is 23.9 Å². The molecule has 0 aromatic heterocycles. The number of rotatable bonds is 7. The highest BCUT2D eigenvalue weighted by Gasteiger charge is 2.18. The van der Waals surface area contributed by atoms with E-state index in [-0.39, 0.29) is 6.61 Å². The van der Waals surface area contributed by atoms with Crippen LogP contribution in [0.25, 0.3) is 0 Å². The Morgan fingerprint density at radius 3 is 2.74 bits per heavy atom. The Morgan fingerprint density at radius 2 is 2.13 bits per heavy atom. The second kappa shape index (κ2) is 7.94. The van der Waals surface area contributed by atoms with Gasteiger partial charge in [0.15, 0.2) is 0 Å². The molecule has 0 aliphatic carbocycles. The van der Waals surface area contributed by atoms with Crippen LogP contribution in [-0.4, -0.2) is 25.1 Å². The van der Waals surface area contributed by atoms with E-state index in [0.29, 0.717) is 40.3 Å². The van der Waals surface area contributed by atoms with Crippen molar-refractivity contribution in [2.45, 2.75) is 12.5 Å². The van der Waals surface area contributed by atoms with Crippen LogP contribution in [0.1, 0.15) is 28.4 Å². The van der Waals surface area contributed by atoms with Gasteiger partial charge in [-0.3, -0.25) is 4.79 Å². The number of anilines is 1. The molecule has 0 spiro atoms. The Balaban J connectivity index is 2.36. The second-order valence-electron chi connectivity index (χ2n) is 4.95. The van der Waals surface area contributed by atoms with E-state index in [9.17, 15) is 14.3 Å². The molecule has 0 radical (unpaired) electrons. The monoisotopic (exact) mass is 337 g/mol. The molecule has 0 amide bonds. The third kappa shape index (κ3) is 4.21. The summed E-state index contributed by atoms with van der Waals surface area (Å²) in [5.74, 6) is 0.117. The maximum atomic E-state index is 13.6. The summed E-state index contributed by atoms with van der Waals surface area (Å²) in [6.07, 6.45) is 1.04. The number of hydrogen-bond acceptors (Lipinski definition) is 4. The maximum Gasteiger partial charge on any atom is 0.150 e. The zero-order valence-electron chi connectivity index (χ0n) is 12.6. The summed E-state index contributed by atoms with van der Waals surface area (Å²) in [4.78, 5) is 10.8. The van der Waals surface area contributed by atoms with Gasteiger partial charge in [-0.25, -0.2) is 4.39 Å². The molecule has 2 aromatic carbocycles. The van der Waals surface area contributed by atoms with Crippen LogP contribution in [0.15, 0.2) is 36.4 Å². The highest BCUT2D eigenvalue weighted by Crippen LogP contribution is 2.33. The van der Waals surface area contributed by atoms with Crippen molar-refractivity contribution in [3.8, 4) is 5.75 Å². The third-order valence-electron chi connectivity index (χ3n) is 3.44. The Hall–Kier alpha value is -2.11. The van der Waals surface area contributed by atoms with E-state index in [1.54, 1.807) is 12.1 Å². The summed E-state index contributed by atoms with van der Waals surface area (Å²) in [5.41, 5.74) is 1.63. The molecule has 2 rings (SSSR count). The van der Waals surface area contributed by atoms with Gasteiger partial charge in [-0.05, 0) is 42.8 Å². The molecule has 0 saturated heterocycles. The average Bonchev–Trinajstić information content (AvgIpc) is 2.56. The van der Waals surface area contributed by atoms with Crippen LogP contribution in [0.2, 0.25) is 5.02 Å². The van der Waals surface area contributed by atoms with Gasteiger partial charge in [-0.15, -0.1) is 0 Å². The van der Waals surface area contributed by atoms with Gasteiger partial charge >= 0.3 is 0 Å². The number of methoxy groups -OCH3 is 1. The smallest absolute Gasteiger partial charge is 0.150 e. The molecule has 0 fully saturated rings. The van der Waals surface area contributed by atoms with Gasteiger partial charge in [0.2, 0.25) is 0 Å². The molecule has 0 aliphatic heterocycles. The number of carbonyl (C=O) groups excluding carboxylic acids is 1. The predicted molar refractivity (Wildman–Crippen MR) is 87.9 cm³/mol. The maximum absolute atomic E-state index is 13.6. The molecule has 0 saturated carbocycles. The lowest BCUT2D eigenvalue weighted by Crippen LogP contribution is -2.14. The summed E-state index contributed by atoms with van der Waals surface area (Å²) < 4.78 is 18.9. The van der Waals surface area contributed by atoms with Gasteiger partial charge in [-0.1, -0.05) is 11.6 Å². The minimum Gasteiger partial charge on any atom is -0.496 e. The van der Waals surface area contributed by atoms with Gasteiger partial charge < -0.3 is 15.2 Å². The van der Waals surface area contributed by atoms with E-state index in [1.165, 1.54) is 31.4 Å². The number of hydrogen-bond donors (Lipinski definition) is 2. The molecule has 2 aromatic rings. The first-order valence-corrected chi connectivity index (χ1v) is 7.42. The first-order chi connectivity index (χ1) is 11.1. The predicted octanol–water partition coefficient (Wildman–Crippen LogP) is 3.84. The SMILES string of the molecule is COc1ccc(F)cc1C(CCO)Nc1ccc(C=O)cc1Cl. The summed E-state index contributed by atoms with van der Waals surface area (Å²) >= 11 is 6.16. The Labute approximate surface area is 138 Å². The van der Waals surface area contributed by atoms with Crippen LogP contribution in [0.5, 0.6) is 5.75 Å². The van der Waals surface area contributed by atoms with Gasteiger partial charge in [0.25, 0.3) is 0 Å². The van der Waals surface area contributed by atoms with Gasteiger partial charge in [0.1, 0.15) is 17.9 Å². The average molecular weight is 338 g/mol. The van der Waals surface area contributed by atoms with Crippen LogP contribution >= 0.6 is 11.6 Å². The number of aldehydes is 1. The van der Waals surface area contributed by atoms with E-state index < -0.39 is 11.9 Å². The zero-order chi connectivity index (χ0) is 16.8. The van der Waals surface area contributed by atoms with Crippen molar-refractivity contribution < 1.29 is 19.0 Å². The molecule has 6 heteroatoms. The van der Waals surface area contributed by atoms with Crippen LogP contribution in [-0.2, 0) is 0 Å². The van der Waals surface area contributed by atoms with Crippen LogP contribution in [0, 0.1) is 5.82 Å². The molecular formula is C17H17ClFNO3. The molecular weight excluding hydrogens is 321 g/mol. The quantitative estimate of drug-likeness (QED) is 0.754. The fourth-order valence-corrected chi connectivity index (χ4v) is 2.57. The largest absolute Gasteiger partial charge is 0.496 e. The van der Waals surface area contributed by atoms with E-state index in [0.717, 1.165) is 0 Å². The van der Waals surface area contributed by atoms with Crippen molar-refractivity contribution >= 4 is 23.6 Å². The van der Waals surface area contributed by atoms with E-state index in [2.05, 4.69) is 5.32 Å². The number of ether oxygens (including phenoxy) is 1. The number of benzene rings is 2. The number of halogens is 2. The standard InChI is InChI=1S/C17H17ClFNO3/c1-23-17-5-3-12(19)9-13(17)15(6-7-21)20-16-4-2-11(10-22)8-14(16)18/h2-5,8-10,15,20-21H,6-7H2,1H3. The van der Waals surface area contributed by atoms with Crippen molar-refractivity contribution in [3.63, 3.8) is 0 Å². The Bertz CT molecular complexity index is 694. The molecule has 2 N–H and O–H groups in total. The van der Waals surface area contributed by atoms with Crippen LogP contribution < -0.4 is 10.1 Å². The number of aliphatic hydroxyl groups excluding tert-OH is 1.